The largest absolute Gasteiger partial charge is 0.378 e. The van der Waals surface area contributed by atoms with Crippen LogP contribution in [0.2, 0.25) is 0 Å². The van der Waals surface area contributed by atoms with E-state index < -0.39 is 0 Å². The lowest BCUT2D eigenvalue weighted by Gasteiger charge is -2.14. The zero-order chi connectivity index (χ0) is 12.3. The lowest BCUT2D eigenvalue weighted by atomic mass is 10.0. The summed E-state index contributed by atoms with van der Waals surface area (Å²) in [7, 11) is 0. The first-order valence-electron chi connectivity index (χ1n) is 6.49. The minimum absolute atomic E-state index is 0.464. The fraction of sp³-hybridized carbons (Fsp3) is 0.600. The van der Waals surface area contributed by atoms with Crippen molar-refractivity contribution in [1.29, 1.82) is 0 Å². The van der Waals surface area contributed by atoms with Gasteiger partial charge in [0.1, 0.15) is 0 Å². The molecule has 17 heavy (non-hydrogen) atoms. The molecule has 1 aliphatic heterocycles. The topological polar surface area (TPSA) is 9.23 Å². The van der Waals surface area contributed by atoms with Gasteiger partial charge in [0.2, 0.25) is 0 Å². The number of aryl methyl sites for hydroxylation is 2. The molecule has 1 aromatic rings. The molecule has 1 saturated heterocycles. The minimum atomic E-state index is 0.464. The third-order valence-electron chi connectivity index (χ3n) is 3.66. The highest BCUT2D eigenvalue weighted by atomic mass is 79.9. The zero-order valence-electron chi connectivity index (χ0n) is 10.7. The van der Waals surface area contributed by atoms with Gasteiger partial charge < -0.3 is 4.74 Å². The molecule has 0 radical (unpaired) electrons. The molecule has 1 heterocycles. The Morgan fingerprint density at radius 1 is 1.35 bits per heavy atom. The van der Waals surface area contributed by atoms with Crippen LogP contribution in [0.15, 0.2) is 18.2 Å². The van der Waals surface area contributed by atoms with E-state index >= 15 is 0 Å². The maximum Gasteiger partial charge on any atom is 0.0576 e. The second-order valence-electron chi connectivity index (χ2n) is 5.02. The van der Waals surface area contributed by atoms with Crippen LogP contribution in [0.5, 0.6) is 0 Å². The van der Waals surface area contributed by atoms with Gasteiger partial charge >= 0.3 is 0 Å². The standard InChI is InChI=1S/C15H21BrO/c1-11-5-6-13(10-12(11)2)15(16)8-7-14-4-3-9-17-14/h5-6,10,14-15H,3-4,7-9H2,1-2H3. The van der Waals surface area contributed by atoms with Gasteiger partial charge in [-0.1, -0.05) is 34.1 Å². The zero-order valence-corrected chi connectivity index (χ0v) is 12.3. The molecule has 0 amide bonds. The van der Waals surface area contributed by atoms with Crippen molar-refractivity contribution in [3.05, 3.63) is 34.9 Å². The quantitative estimate of drug-likeness (QED) is 0.732. The van der Waals surface area contributed by atoms with Crippen molar-refractivity contribution in [3.63, 3.8) is 0 Å². The number of benzene rings is 1. The number of halogens is 1. The third-order valence-corrected chi connectivity index (χ3v) is 4.65. The summed E-state index contributed by atoms with van der Waals surface area (Å²) < 4.78 is 5.66. The Morgan fingerprint density at radius 2 is 2.18 bits per heavy atom. The fourth-order valence-electron chi connectivity index (χ4n) is 2.33. The van der Waals surface area contributed by atoms with Gasteiger partial charge in [0, 0.05) is 11.4 Å². The summed E-state index contributed by atoms with van der Waals surface area (Å²) in [5, 5.41) is 0. The highest BCUT2D eigenvalue weighted by molar-refractivity contribution is 9.09. The van der Waals surface area contributed by atoms with Gasteiger partial charge in [-0.2, -0.15) is 0 Å². The number of rotatable bonds is 4. The predicted octanol–water partition coefficient (Wildman–Crippen LogP) is 4.70. The van der Waals surface area contributed by atoms with Crippen LogP contribution >= 0.6 is 15.9 Å². The normalized spacial score (nSPS) is 21.7. The highest BCUT2D eigenvalue weighted by Crippen LogP contribution is 2.31. The average molecular weight is 297 g/mol. The molecule has 2 heteroatoms. The Kier molecular flexibility index (Phi) is 4.63. The SMILES string of the molecule is Cc1ccc(C(Br)CCC2CCCO2)cc1C. The molecule has 0 aromatic heterocycles. The fourth-order valence-corrected chi connectivity index (χ4v) is 2.88. The molecule has 1 fully saturated rings. The first-order valence-corrected chi connectivity index (χ1v) is 7.41. The Balaban J connectivity index is 1.89. The van der Waals surface area contributed by atoms with Crippen LogP contribution in [0.1, 0.15) is 47.2 Å². The molecule has 2 atom stereocenters. The van der Waals surface area contributed by atoms with Gasteiger partial charge in [0.15, 0.2) is 0 Å². The van der Waals surface area contributed by atoms with Crippen molar-refractivity contribution >= 4 is 15.9 Å². The van der Waals surface area contributed by atoms with E-state index in [1.54, 1.807) is 0 Å². The van der Waals surface area contributed by atoms with Crippen LogP contribution in [-0.2, 0) is 4.74 Å². The molecule has 1 aliphatic rings. The monoisotopic (exact) mass is 296 g/mol. The van der Waals surface area contributed by atoms with Crippen molar-refractivity contribution in [3.8, 4) is 0 Å². The summed E-state index contributed by atoms with van der Waals surface area (Å²) in [6.07, 6.45) is 5.31. The van der Waals surface area contributed by atoms with Gasteiger partial charge in [-0.3, -0.25) is 0 Å². The highest BCUT2D eigenvalue weighted by Gasteiger charge is 2.17. The molecule has 0 saturated carbocycles. The molecule has 0 aliphatic carbocycles. The minimum Gasteiger partial charge on any atom is -0.378 e. The Bertz CT molecular complexity index is 369. The Morgan fingerprint density at radius 3 is 2.82 bits per heavy atom. The Labute approximate surface area is 113 Å². The predicted molar refractivity (Wildman–Crippen MR) is 75.8 cm³/mol. The van der Waals surface area contributed by atoms with Gasteiger partial charge in [0.05, 0.1) is 6.10 Å². The van der Waals surface area contributed by atoms with Gasteiger partial charge in [-0.15, -0.1) is 0 Å². The number of ether oxygens (including phenoxy) is 1. The van der Waals surface area contributed by atoms with E-state index in [0.29, 0.717) is 10.9 Å². The molecule has 0 N–H and O–H groups in total. The summed E-state index contributed by atoms with van der Waals surface area (Å²) in [6.45, 7) is 5.30. The molecule has 94 valence electrons. The molecule has 0 bridgehead atoms. The van der Waals surface area contributed by atoms with Crippen LogP contribution in [0.4, 0.5) is 0 Å². The van der Waals surface area contributed by atoms with Crippen molar-refractivity contribution in [2.75, 3.05) is 6.61 Å². The average Bonchev–Trinajstić information content (AvgIpc) is 2.82. The van der Waals surface area contributed by atoms with E-state index in [0.717, 1.165) is 13.0 Å². The first kappa shape index (κ1) is 13.1. The molecule has 2 unspecified atom stereocenters. The number of hydrogen-bond acceptors (Lipinski definition) is 1. The third kappa shape index (κ3) is 3.56. The maximum atomic E-state index is 5.66. The molecule has 2 rings (SSSR count). The molecular formula is C15H21BrO. The van der Waals surface area contributed by atoms with Crippen LogP contribution in [0.3, 0.4) is 0 Å². The van der Waals surface area contributed by atoms with E-state index in [-0.39, 0.29) is 0 Å². The van der Waals surface area contributed by atoms with Gasteiger partial charge in [0.25, 0.3) is 0 Å². The van der Waals surface area contributed by atoms with Gasteiger partial charge in [-0.05, 0) is 56.2 Å². The van der Waals surface area contributed by atoms with E-state index in [2.05, 4.69) is 48.0 Å². The van der Waals surface area contributed by atoms with E-state index in [4.69, 9.17) is 4.74 Å². The van der Waals surface area contributed by atoms with E-state index in [1.807, 2.05) is 0 Å². The van der Waals surface area contributed by atoms with Crippen LogP contribution < -0.4 is 0 Å². The number of alkyl halides is 1. The molecular weight excluding hydrogens is 276 g/mol. The number of hydrogen-bond donors (Lipinski definition) is 0. The molecule has 0 spiro atoms. The smallest absolute Gasteiger partial charge is 0.0576 e. The summed E-state index contributed by atoms with van der Waals surface area (Å²) >= 11 is 3.80. The molecule has 1 aromatic carbocycles. The van der Waals surface area contributed by atoms with Crippen molar-refractivity contribution in [2.24, 2.45) is 0 Å². The van der Waals surface area contributed by atoms with Crippen LogP contribution in [0.25, 0.3) is 0 Å². The maximum absolute atomic E-state index is 5.66. The summed E-state index contributed by atoms with van der Waals surface area (Å²) in [6, 6.07) is 6.74. The second kappa shape index (κ2) is 6.01. The van der Waals surface area contributed by atoms with Crippen molar-refractivity contribution in [1.82, 2.24) is 0 Å². The molecule has 1 nitrogen and oxygen atoms in total. The first-order chi connectivity index (χ1) is 8.16. The van der Waals surface area contributed by atoms with Crippen molar-refractivity contribution < 1.29 is 4.74 Å². The Hall–Kier alpha value is -0.340. The van der Waals surface area contributed by atoms with Crippen molar-refractivity contribution in [2.45, 2.75) is 50.5 Å². The van der Waals surface area contributed by atoms with E-state index in [9.17, 15) is 0 Å². The second-order valence-corrected chi connectivity index (χ2v) is 6.13. The summed E-state index contributed by atoms with van der Waals surface area (Å²) in [5.74, 6) is 0. The van der Waals surface area contributed by atoms with Crippen LogP contribution in [-0.4, -0.2) is 12.7 Å². The summed E-state index contributed by atoms with van der Waals surface area (Å²) in [4.78, 5) is 0.464. The lowest BCUT2D eigenvalue weighted by Crippen LogP contribution is -2.06. The summed E-state index contributed by atoms with van der Waals surface area (Å²) in [5.41, 5.74) is 4.14. The van der Waals surface area contributed by atoms with Crippen LogP contribution in [0, 0.1) is 13.8 Å². The lowest BCUT2D eigenvalue weighted by molar-refractivity contribution is 0.102. The van der Waals surface area contributed by atoms with Gasteiger partial charge in [-0.25, -0.2) is 0 Å². The van der Waals surface area contributed by atoms with E-state index in [1.165, 1.54) is 36.0 Å².